The lowest BCUT2D eigenvalue weighted by molar-refractivity contribution is -0.119. The van der Waals surface area contributed by atoms with Crippen LogP contribution in [-0.2, 0) is 9.53 Å². The van der Waals surface area contributed by atoms with Crippen LogP contribution < -0.4 is 5.32 Å². The number of hydrogen-bond acceptors (Lipinski definition) is 4. The molecule has 0 unspecified atom stereocenters. The third kappa shape index (κ3) is 4.51. The van der Waals surface area contributed by atoms with E-state index in [1.807, 2.05) is 30.3 Å². The number of benzene rings is 1. The van der Waals surface area contributed by atoms with Crippen molar-refractivity contribution in [2.24, 2.45) is 0 Å². The first kappa shape index (κ1) is 15.9. The van der Waals surface area contributed by atoms with Gasteiger partial charge in [-0.05, 0) is 29.8 Å². The molecular weight excluding hydrogens is 314 g/mol. The second-order valence-electron chi connectivity index (χ2n) is 5.44. The summed E-state index contributed by atoms with van der Waals surface area (Å²) in [4.78, 5) is 18.2. The van der Waals surface area contributed by atoms with Gasteiger partial charge in [-0.1, -0.05) is 23.7 Å². The molecule has 0 spiro atoms. The van der Waals surface area contributed by atoms with Crippen LogP contribution in [-0.4, -0.2) is 42.0 Å². The summed E-state index contributed by atoms with van der Waals surface area (Å²) in [5.41, 5.74) is 1.78. The summed E-state index contributed by atoms with van der Waals surface area (Å²) in [5.74, 6) is -0.0465. The van der Waals surface area contributed by atoms with Crippen LogP contribution in [0.3, 0.4) is 0 Å². The normalized spacial score (nSPS) is 18.6. The summed E-state index contributed by atoms with van der Waals surface area (Å²) in [5, 5.41) is 3.56. The summed E-state index contributed by atoms with van der Waals surface area (Å²) in [6.45, 7) is 2.36. The first-order valence-corrected chi connectivity index (χ1v) is 7.88. The molecule has 1 aliphatic heterocycles. The van der Waals surface area contributed by atoms with Gasteiger partial charge in [0.15, 0.2) is 0 Å². The molecule has 6 heteroatoms. The molecule has 1 N–H and O–H groups in total. The van der Waals surface area contributed by atoms with Crippen LogP contribution in [0.15, 0.2) is 48.8 Å². The van der Waals surface area contributed by atoms with Crippen molar-refractivity contribution in [2.45, 2.75) is 6.10 Å². The average molecular weight is 332 g/mol. The van der Waals surface area contributed by atoms with E-state index >= 15 is 0 Å². The molecule has 1 aliphatic rings. The Morgan fingerprint density at radius 3 is 2.91 bits per heavy atom. The second kappa shape index (κ2) is 7.55. The maximum atomic E-state index is 12.1. The van der Waals surface area contributed by atoms with Crippen LogP contribution in [0.1, 0.15) is 11.7 Å². The standard InChI is InChI=1S/C17H18ClN3O2/c18-14-5-3-13(4-6-14)16-11-21(8-9-23-16)12-17(22)20-15-2-1-7-19-10-15/h1-7,10,16H,8-9,11-12H2,(H,20,22)/t16-/m1/s1. The number of aromatic nitrogens is 1. The van der Waals surface area contributed by atoms with Crippen LogP contribution >= 0.6 is 11.6 Å². The van der Waals surface area contributed by atoms with Gasteiger partial charge < -0.3 is 10.1 Å². The fourth-order valence-corrected chi connectivity index (χ4v) is 2.69. The van der Waals surface area contributed by atoms with Crippen LogP contribution in [0, 0.1) is 0 Å². The minimum absolute atomic E-state index is 0.0350. The Hall–Kier alpha value is -1.95. The van der Waals surface area contributed by atoms with Gasteiger partial charge in [-0.2, -0.15) is 0 Å². The molecule has 1 atom stereocenters. The number of halogens is 1. The van der Waals surface area contributed by atoms with Crippen molar-refractivity contribution >= 4 is 23.2 Å². The molecule has 5 nitrogen and oxygen atoms in total. The van der Waals surface area contributed by atoms with Gasteiger partial charge in [0.25, 0.3) is 0 Å². The summed E-state index contributed by atoms with van der Waals surface area (Å²) in [6, 6.07) is 11.3. The van der Waals surface area contributed by atoms with Crippen molar-refractivity contribution in [1.82, 2.24) is 9.88 Å². The lowest BCUT2D eigenvalue weighted by atomic mass is 10.1. The highest BCUT2D eigenvalue weighted by Gasteiger charge is 2.23. The molecule has 1 amide bonds. The quantitative estimate of drug-likeness (QED) is 0.936. The molecular formula is C17H18ClN3O2. The molecule has 3 rings (SSSR count). The summed E-state index contributed by atoms with van der Waals surface area (Å²) in [7, 11) is 0. The lowest BCUT2D eigenvalue weighted by Gasteiger charge is -2.32. The number of morpholine rings is 1. The van der Waals surface area contributed by atoms with E-state index in [1.54, 1.807) is 18.5 Å². The van der Waals surface area contributed by atoms with E-state index in [2.05, 4.69) is 15.2 Å². The molecule has 0 radical (unpaired) electrons. The molecule has 2 heterocycles. The number of rotatable bonds is 4. The van der Waals surface area contributed by atoms with Gasteiger partial charge in [0.05, 0.1) is 31.1 Å². The Morgan fingerprint density at radius 2 is 2.17 bits per heavy atom. The van der Waals surface area contributed by atoms with Crippen molar-refractivity contribution in [3.8, 4) is 0 Å². The molecule has 2 aromatic rings. The third-order valence-corrected chi connectivity index (χ3v) is 3.96. The number of anilines is 1. The highest BCUT2D eigenvalue weighted by Crippen LogP contribution is 2.23. The monoisotopic (exact) mass is 331 g/mol. The molecule has 0 bridgehead atoms. The van der Waals surface area contributed by atoms with Gasteiger partial charge in [0.2, 0.25) is 5.91 Å². The minimum Gasteiger partial charge on any atom is -0.371 e. The summed E-state index contributed by atoms with van der Waals surface area (Å²) >= 11 is 5.92. The van der Waals surface area contributed by atoms with E-state index < -0.39 is 0 Å². The maximum Gasteiger partial charge on any atom is 0.238 e. The zero-order valence-electron chi connectivity index (χ0n) is 12.6. The molecule has 120 valence electrons. The van der Waals surface area contributed by atoms with Crippen molar-refractivity contribution in [1.29, 1.82) is 0 Å². The van der Waals surface area contributed by atoms with Gasteiger partial charge in [0.1, 0.15) is 0 Å². The van der Waals surface area contributed by atoms with E-state index in [9.17, 15) is 4.79 Å². The van der Waals surface area contributed by atoms with Crippen LogP contribution in [0.5, 0.6) is 0 Å². The fourth-order valence-electron chi connectivity index (χ4n) is 2.57. The summed E-state index contributed by atoms with van der Waals surface area (Å²) < 4.78 is 5.81. The predicted octanol–water partition coefficient (Wildman–Crippen LogP) is 2.75. The Balaban J connectivity index is 1.56. The van der Waals surface area contributed by atoms with E-state index in [1.165, 1.54) is 0 Å². The highest BCUT2D eigenvalue weighted by molar-refractivity contribution is 6.30. The Labute approximate surface area is 140 Å². The maximum absolute atomic E-state index is 12.1. The van der Waals surface area contributed by atoms with Gasteiger partial charge in [-0.15, -0.1) is 0 Å². The number of ether oxygens (including phenoxy) is 1. The molecule has 1 saturated heterocycles. The van der Waals surface area contributed by atoms with Gasteiger partial charge in [-0.3, -0.25) is 14.7 Å². The minimum atomic E-state index is -0.0465. The van der Waals surface area contributed by atoms with E-state index in [-0.39, 0.29) is 12.0 Å². The number of nitrogens with zero attached hydrogens (tertiary/aromatic N) is 2. The van der Waals surface area contributed by atoms with Crippen molar-refractivity contribution in [2.75, 3.05) is 31.6 Å². The van der Waals surface area contributed by atoms with Crippen LogP contribution in [0.25, 0.3) is 0 Å². The SMILES string of the molecule is O=C(CN1CCO[C@@H](c2ccc(Cl)cc2)C1)Nc1cccnc1. The molecule has 1 aromatic heterocycles. The zero-order valence-corrected chi connectivity index (χ0v) is 13.4. The second-order valence-corrected chi connectivity index (χ2v) is 5.87. The number of nitrogens with one attached hydrogen (secondary N) is 1. The molecule has 0 aliphatic carbocycles. The zero-order chi connectivity index (χ0) is 16.1. The van der Waals surface area contributed by atoms with E-state index in [0.29, 0.717) is 30.4 Å². The van der Waals surface area contributed by atoms with Crippen LogP contribution in [0.4, 0.5) is 5.69 Å². The molecule has 1 aromatic carbocycles. The van der Waals surface area contributed by atoms with Crippen molar-refractivity contribution in [3.05, 3.63) is 59.4 Å². The largest absolute Gasteiger partial charge is 0.371 e. The molecule has 23 heavy (non-hydrogen) atoms. The first-order chi connectivity index (χ1) is 11.2. The third-order valence-electron chi connectivity index (χ3n) is 3.70. The number of amides is 1. The van der Waals surface area contributed by atoms with E-state index in [0.717, 1.165) is 12.1 Å². The lowest BCUT2D eigenvalue weighted by Crippen LogP contribution is -2.42. The number of pyridine rings is 1. The Bertz CT molecular complexity index is 649. The smallest absolute Gasteiger partial charge is 0.238 e. The molecule has 1 fully saturated rings. The average Bonchev–Trinajstić information content (AvgIpc) is 2.56. The Kier molecular flexibility index (Phi) is 5.23. The predicted molar refractivity (Wildman–Crippen MR) is 89.5 cm³/mol. The van der Waals surface area contributed by atoms with Crippen molar-refractivity contribution in [3.63, 3.8) is 0 Å². The van der Waals surface area contributed by atoms with E-state index in [4.69, 9.17) is 16.3 Å². The molecule has 0 saturated carbocycles. The van der Waals surface area contributed by atoms with Crippen LogP contribution in [0.2, 0.25) is 5.02 Å². The van der Waals surface area contributed by atoms with Gasteiger partial charge >= 0.3 is 0 Å². The summed E-state index contributed by atoms with van der Waals surface area (Å²) in [6.07, 6.45) is 3.27. The van der Waals surface area contributed by atoms with Crippen molar-refractivity contribution < 1.29 is 9.53 Å². The number of carbonyl (C=O) groups is 1. The number of carbonyl (C=O) groups excluding carboxylic acids is 1. The first-order valence-electron chi connectivity index (χ1n) is 7.50. The highest BCUT2D eigenvalue weighted by atomic mass is 35.5. The number of hydrogen-bond donors (Lipinski definition) is 1. The fraction of sp³-hybridized carbons (Fsp3) is 0.294. The van der Waals surface area contributed by atoms with Gasteiger partial charge in [0, 0.05) is 24.3 Å². The topological polar surface area (TPSA) is 54.5 Å². The Morgan fingerprint density at radius 1 is 1.35 bits per heavy atom. The van der Waals surface area contributed by atoms with Gasteiger partial charge in [-0.25, -0.2) is 0 Å².